The van der Waals surface area contributed by atoms with E-state index in [1.54, 1.807) is 15.0 Å². The largest absolute Gasteiger partial charge is 0.311 e. The Hall–Kier alpha value is -7.76. The Morgan fingerprint density at radius 2 is 0.737 bits per heavy atom. The highest BCUT2D eigenvalue weighted by Gasteiger charge is 2.17. The predicted molar refractivity (Wildman–Crippen MR) is 235 cm³/mol. The van der Waals surface area contributed by atoms with Gasteiger partial charge in [-0.2, -0.15) is 0 Å². The maximum absolute atomic E-state index is 14.2. The van der Waals surface area contributed by atoms with Crippen LogP contribution in [0.3, 0.4) is 0 Å². The second-order valence-corrected chi connectivity index (χ2v) is 14.1. The molecular formula is C52H35N3O2. The molecule has 0 atom stereocenters. The number of anilines is 3. The van der Waals surface area contributed by atoms with Crippen LogP contribution in [0.25, 0.3) is 66.4 Å². The summed E-state index contributed by atoms with van der Waals surface area (Å²) in [6, 6.07) is 71.7. The summed E-state index contributed by atoms with van der Waals surface area (Å²) < 4.78 is 3.25. The van der Waals surface area contributed by atoms with Crippen LogP contribution >= 0.6 is 0 Å². The molecule has 0 aliphatic rings. The zero-order valence-electron chi connectivity index (χ0n) is 30.9. The average molecular weight is 734 g/mol. The van der Waals surface area contributed by atoms with E-state index in [1.165, 1.54) is 22.3 Å². The summed E-state index contributed by atoms with van der Waals surface area (Å²) in [5.41, 5.74) is 11.9. The quantitative estimate of drug-likeness (QED) is 0.121. The number of nitrogens with zero attached hydrogens (tertiary/aromatic N) is 3. The first-order valence-electron chi connectivity index (χ1n) is 19.0. The lowest BCUT2D eigenvalue weighted by atomic mass is 10.0. The van der Waals surface area contributed by atoms with Gasteiger partial charge >= 0.3 is 0 Å². The van der Waals surface area contributed by atoms with Crippen LogP contribution in [0, 0.1) is 0 Å². The van der Waals surface area contributed by atoms with Crippen LogP contribution in [0.5, 0.6) is 0 Å². The van der Waals surface area contributed by atoms with E-state index in [0.29, 0.717) is 21.9 Å². The normalized spacial score (nSPS) is 11.3. The molecular weight excluding hydrogens is 699 g/mol. The van der Waals surface area contributed by atoms with Crippen molar-refractivity contribution in [3.63, 3.8) is 0 Å². The highest BCUT2D eigenvalue weighted by atomic mass is 16.1. The number of fused-ring (bicyclic) bond motifs is 4. The molecule has 0 spiro atoms. The van der Waals surface area contributed by atoms with Gasteiger partial charge < -0.3 is 4.90 Å². The van der Waals surface area contributed by atoms with E-state index in [-0.39, 0.29) is 11.1 Å². The van der Waals surface area contributed by atoms with E-state index >= 15 is 0 Å². The molecule has 0 radical (unpaired) electrons. The van der Waals surface area contributed by atoms with Crippen molar-refractivity contribution in [2.75, 3.05) is 4.90 Å². The highest BCUT2D eigenvalue weighted by Crippen LogP contribution is 2.38. The Balaban J connectivity index is 1.01. The van der Waals surface area contributed by atoms with Crippen molar-refractivity contribution in [3.8, 4) is 39.1 Å². The summed E-state index contributed by atoms with van der Waals surface area (Å²) in [7, 11) is 0. The van der Waals surface area contributed by atoms with E-state index in [9.17, 15) is 9.59 Å². The first kappa shape index (κ1) is 33.8. The zero-order valence-corrected chi connectivity index (χ0v) is 30.9. The standard InChI is InChI=1S/C52H35N3O2/c56-51-47-16-8-7-15-42(47)35-50-52(57)54(48-17-9-10-18-49(48)55(50)51)46-33-25-41(26-34-46)40-23-31-45(32-24-40)53(43-27-19-38(20-28-43)36-11-3-1-4-12-36)44-29-21-39(22-30-44)37-13-5-2-6-14-37/h1-35H. The summed E-state index contributed by atoms with van der Waals surface area (Å²) in [6.45, 7) is 0. The van der Waals surface area contributed by atoms with Crippen LogP contribution in [0.2, 0.25) is 0 Å². The number of aromatic nitrogens is 2. The summed E-state index contributed by atoms with van der Waals surface area (Å²) in [5, 5.41) is 1.32. The van der Waals surface area contributed by atoms with Crippen LogP contribution in [-0.4, -0.2) is 8.97 Å². The van der Waals surface area contributed by atoms with Gasteiger partial charge in [-0.25, -0.2) is 0 Å². The van der Waals surface area contributed by atoms with Gasteiger partial charge in [0, 0.05) is 28.1 Å². The molecule has 0 saturated carbocycles. The second kappa shape index (κ2) is 14.1. The molecule has 5 heteroatoms. The maximum Gasteiger partial charge on any atom is 0.280 e. The molecule has 57 heavy (non-hydrogen) atoms. The van der Waals surface area contributed by atoms with Gasteiger partial charge in [0.2, 0.25) is 0 Å². The van der Waals surface area contributed by atoms with Crippen LogP contribution < -0.4 is 16.0 Å². The van der Waals surface area contributed by atoms with Crippen LogP contribution in [-0.2, 0) is 0 Å². The third-order valence-corrected chi connectivity index (χ3v) is 10.8. The molecule has 0 N–H and O–H groups in total. The fourth-order valence-electron chi connectivity index (χ4n) is 7.90. The van der Waals surface area contributed by atoms with E-state index in [1.807, 2.05) is 84.9 Å². The Labute approximate surface area is 329 Å². The number of hydrogen-bond acceptors (Lipinski definition) is 3. The monoisotopic (exact) mass is 733 g/mol. The summed E-state index contributed by atoms with van der Waals surface area (Å²) in [5.74, 6) is 0. The topological polar surface area (TPSA) is 46.7 Å². The Morgan fingerprint density at radius 3 is 1.25 bits per heavy atom. The van der Waals surface area contributed by atoms with Crippen molar-refractivity contribution >= 4 is 44.4 Å². The molecule has 5 nitrogen and oxygen atoms in total. The van der Waals surface area contributed by atoms with E-state index in [0.717, 1.165) is 39.3 Å². The van der Waals surface area contributed by atoms with Crippen molar-refractivity contribution in [3.05, 3.63) is 233 Å². The minimum absolute atomic E-state index is 0.200. The molecule has 0 aliphatic carbocycles. The minimum Gasteiger partial charge on any atom is -0.311 e. The van der Waals surface area contributed by atoms with Crippen molar-refractivity contribution in [1.82, 2.24) is 8.97 Å². The number of pyridine rings is 1. The third-order valence-electron chi connectivity index (χ3n) is 10.8. The minimum atomic E-state index is -0.248. The number of rotatable bonds is 7. The molecule has 0 unspecified atom stereocenters. The third kappa shape index (κ3) is 6.08. The number of para-hydroxylation sites is 2. The van der Waals surface area contributed by atoms with Crippen LogP contribution in [0.4, 0.5) is 17.1 Å². The van der Waals surface area contributed by atoms with Crippen LogP contribution in [0.15, 0.2) is 222 Å². The van der Waals surface area contributed by atoms with Gasteiger partial charge in [0.25, 0.3) is 11.1 Å². The van der Waals surface area contributed by atoms with Crippen molar-refractivity contribution in [2.24, 2.45) is 0 Å². The highest BCUT2D eigenvalue weighted by molar-refractivity contribution is 5.89. The number of benzene rings is 8. The number of hydrogen-bond donors (Lipinski definition) is 0. The second-order valence-electron chi connectivity index (χ2n) is 14.1. The fraction of sp³-hybridized carbons (Fsp3) is 0. The van der Waals surface area contributed by atoms with Gasteiger partial charge in [-0.05, 0) is 112 Å². The molecule has 0 fully saturated rings. The van der Waals surface area contributed by atoms with Gasteiger partial charge in [-0.3, -0.25) is 18.6 Å². The lowest BCUT2D eigenvalue weighted by Crippen LogP contribution is -2.27. The van der Waals surface area contributed by atoms with Gasteiger partial charge in [0.15, 0.2) is 0 Å². The van der Waals surface area contributed by atoms with Gasteiger partial charge in [-0.15, -0.1) is 0 Å². The summed E-state index contributed by atoms with van der Waals surface area (Å²) >= 11 is 0. The molecule has 10 rings (SSSR count). The average Bonchev–Trinajstić information content (AvgIpc) is 3.28. The van der Waals surface area contributed by atoms with Gasteiger partial charge in [0.1, 0.15) is 5.52 Å². The fourth-order valence-corrected chi connectivity index (χ4v) is 7.90. The lowest BCUT2D eigenvalue weighted by molar-refractivity contribution is 1.01. The van der Waals surface area contributed by atoms with Gasteiger partial charge in [0.05, 0.1) is 11.0 Å². The van der Waals surface area contributed by atoms with Crippen molar-refractivity contribution < 1.29 is 0 Å². The molecule has 8 aromatic carbocycles. The molecule has 2 heterocycles. The maximum atomic E-state index is 14.2. The molecule has 0 amide bonds. The first-order chi connectivity index (χ1) is 28.1. The Kier molecular flexibility index (Phi) is 8.38. The first-order valence-corrected chi connectivity index (χ1v) is 19.0. The molecule has 270 valence electrons. The predicted octanol–water partition coefficient (Wildman–Crippen LogP) is 12.2. The molecule has 0 aliphatic heterocycles. The van der Waals surface area contributed by atoms with E-state index in [2.05, 4.69) is 126 Å². The summed E-state index contributed by atoms with van der Waals surface area (Å²) in [4.78, 5) is 30.2. The molecule has 2 aromatic heterocycles. The Morgan fingerprint density at radius 1 is 0.333 bits per heavy atom. The SMILES string of the molecule is O=c1c2cc3ccccc3c(=O)n2c2ccccc2n1-c1ccc(-c2ccc(N(c3ccc(-c4ccccc4)cc3)c3ccc(-c4ccccc4)cc3)cc2)cc1. The van der Waals surface area contributed by atoms with Crippen LogP contribution in [0.1, 0.15) is 0 Å². The smallest absolute Gasteiger partial charge is 0.280 e. The zero-order chi connectivity index (χ0) is 38.3. The Bertz CT molecular complexity index is 3090. The van der Waals surface area contributed by atoms with E-state index in [4.69, 9.17) is 0 Å². The van der Waals surface area contributed by atoms with Gasteiger partial charge in [-0.1, -0.05) is 140 Å². The van der Waals surface area contributed by atoms with Crippen molar-refractivity contribution in [2.45, 2.75) is 0 Å². The van der Waals surface area contributed by atoms with Crippen molar-refractivity contribution in [1.29, 1.82) is 0 Å². The molecule has 0 bridgehead atoms. The summed E-state index contributed by atoms with van der Waals surface area (Å²) in [6.07, 6.45) is 0. The lowest BCUT2D eigenvalue weighted by Gasteiger charge is -2.26. The molecule has 0 saturated heterocycles. The molecule has 10 aromatic rings. The van der Waals surface area contributed by atoms with E-state index < -0.39 is 0 Å².